The number of piperidine rings is 1. The highest BCUT2D eigenvalue weighted by Crippen LogP contribution is 2.38. The number of rotatable bonds is 8. The number of hydrogen-bond donors (Lipinski definition) is 1. The van der Waals surface area contributed by atoms with Gasteiger partial charge in [0.15, 0.2) is 0 Å². The van der Waals surface area contributed by atoms with E-state index < -0.39 is 21.4 Å². The van der Waals surface area contributed by atoms with Gasteiger partial charge in [-0.05, 0) is 31.7 Å². The van der Waals surface area contributed by atoms with Crippen molar-refractivity contribution in [3.63, 3.8) is 0 Å². The van der Waals surface area contributed by atoms with Gasteiger partial charge in [-0.2, -0.15) is 0 Å². The third kappa shape index (κ3) is 4.68. The average Bonchev–Trinajstić information content (AvgIpc) is 2.67. The highest BCUT2D eigenvalue weighted by Gasteiger charge is 2.46. The molecule has 1 amide bonds. The number of benzene rings is 1. The third-order valence-electron chi connectivity index (χ3n) is 5.18. The van der Waals surface area contributed by atoms with E-state index in [2.05, 4.69) is 0 Å². The zero-order chi connectivity index (χ0) is 20.1. The maximum atomic E-state index is 13.5. The van der Waals surface area contributed by atoms with Crippen molar-refractivity contribution in [2.45, 2.75) is 38.5 Å². The minimum atomic E-state index is -3.31. The molecule has 1 fully saturated rings. The van der Waals surface area contributed by atoms with E-state index in [0.717, 1.165) is 5.56 Å². The maximum Gasteiger partial charge on any atom is 0.323 e. The summed E-state index contributed by atoms with van der Waals surface area (Å²) in [4.78, 5) is 26.1. The summed E-state index contributed by atoms with van der Waals surface area (Å²) < 4.78 is 25.8. The first-order valence-electron chi connectivity index (χ1n) is 9.31. The van der Waals surface area contributed by atoms with Crippen LogP contribution in [0.5, 0.6) is 0 Å². The summed E-state index contributed by atoms with van der Waals surface area (Å²) in [5, 5.41) is 9.21. The Kier molecular flexibility index (Phi) is 7.00. The van der Waals surface area contributed by atoms with Gasteiger partial charge in [-0.15, -0.1) is 0 Å². The van der Waals surface area contributed by atoms with E-state index in [4.69, 9.17) is 0 Å². The number of nitrogens with zero attached hydrogens (tertiary/aromatic N) is 2. The number of hydrogen-bond acceptors (Lipinski definition) is 4. The van der Waals surface area contributed by atoms with Gasteiger partial charge in [0.2, 0.25) is 15.9 Å². The Balaban J connectivity index is 2.38. The van der Waals surface area contributed by atoms with Crippen LogP contribution in [0.15, 0.2) is 30.3 Å². The lowest BCUT2D eigenvalue weighted by atomic mass is 9.72. The molecule has 1 aliphatic heterocycles. The third-order valence-corrected chi connectivity index (χ3v) is 7.06. The predicted molar refractivity (Wildman–Crippen MR) is 103 cm³/mol. The van der Waals surface area contributed by atoms with Crippen molar-refractivity contribution in [3.05, 3.63) is 35.9 Å². The molecule has 1 heterocycles. The van der Waals surface area contributed by atoms with Crippen LogP contribution < -0.4 is 0 Å². The summed E-state index contributed by atoms with van der Waals surface area (Å²) in [6.07, 6.45) is 1.34. The molecule has 8 heteroatoms. The highest BCUT2D eigenvalue weighted by molar-refractivity contribution is 7.89. The predicted octanol–water partition coefficient (Wildman–Crippen LogP) is 1.69. The molecule has 1 saturated heterocycles. The number of carbonyl (C=O) groups is 2. The van der Waals surface area contributed by atoms with Crippen molar-refractivity contribution < 1.29 is 23.1 Å². The summed E-state index contributed by atoms with van der Waals surface area (Å²) in [7, 11) is -3.31. The second-order valence-electron chi connectivity index (χ2n) is 6.87. The highest BCUT2D eigenvalue weighted by atomic mass is 32.2. The van der Waals surface area contributed by atoms with Gasteiger partial charge in [-0.25, -0.2) is 12.7 Å². The molecule has 1 aromatic carbocycles. The number of aliphatic carboxylic acids is 1. The maximum absolute atomic E-state index is 13.5. The number of sulfonamides is 1. The summed E-state index contributed by atoms with van der Waals surface area (Å²) in [6, 6.07) is 9.29. The van der Waals surface area contributed by atoms with Crippen LogP contribution in [0.4, 0.5) is 0 Å². The Bertz CT molecular complexity index is 756. The van der Waals surface area contributed by atoms with Crippen LogP contribution in [-0.4, -0.2) is 66.5 Å². The molecule has 2 rings (SSSR count). The first-order valence-corrected chi connectivity index (χ1v) is 10.9. The van der Waals surface area contributed by atoms with Gasteiger partial charge in [-0.3, -0.25) is 9.59 Å². The molecule has 0 unspecified atom stereocenters. The largest absolute Gasteiger partial charge is 0.480 e. The van der Waals surface area contributed by atoms with Crippen molar-refractivity contribution in [1.82, 2.24) is 9.21 Å². The van der Waals surface area contributed by atoms with E-state index in [9.17, 15) is 23.1 Å². The van der Waals surface area contributed by atoms with Gasteiger partial charge in [0.1, 0.15) is 6.54 Å². The summed E-state index contributed by atoms with van der Waals surface area (Å²) in [6.45, 7) is 4.02. The van der Waals surface area contributed by atoms with Crippen LogP contribution in [0.1, 0.15) is 38.7 Å². The summed E-state index contributed by atoms with van der Waals surface area (Å²) in [5.74, 6) is -1.25. The van der Waals surface area contributed by atoms with Crippen LogP contribution in [0.2, 0.25) is 0 Å². The smallest absolute Gasteiger partial charge is 0.323 e. The molecule has 0 aromatic heterocycles. The van der Waals surface area contributed by atoms with E-state index in [1.165, 1.54) is 9.21 Å². The molecule has 1 aromatic rings. The van der Waals surface area contributed by atoms with Crippen LogP contribution in [0, 0.1) is 0 Å². The van der Waals surface area contributed by atoms with E-state index >= 15 is 0 Å². The monoisotopic (exact) mass is 396 g/mol. The first-order chi connectivity index (χ1) is 12.8. The lowest BCUT2D eigenvalue weighted by Gasteiger charge is -2.42. The van der Waals surface area contributed by atoms with E-state index in [1.807, 2.05) is 37.3 Å². The fourth-order valence-electron chi connectivity index (χ4n) is 3.70. The van der Waals surface area contributed by atoms with Gasteiger partial charge in [0.25, 0.3) is 0 Å². The summed E-state index contributed by atoms with van der Waals surface area (Å²) >= 11 is 0. The Labute approximate surface area is 161 Å². The molecule has 0 bridgehead atoms. The van der Waals surface area contributed by atoms with Gasteiger partial charge in [0.05, 0.1) is 11.2 Å². The average molecular weight is 397 g/mol. The molecule has 0 spiro atoms. The zero-order valence-electron chi connectivity index (χ0n) is 15.9. The number of amides is 1. The molecular formula is C19H28N2O5S. The van der Waals surface area contributed by atoms with Gasteiger partial charge in [-0.1, -0.05) is 37.3 Å². The summed E-state index contributed by atoms with van der Waals surface area (Å²) in [5.41, 5.74) is -0.0823. The molecule has 0 radical (unpaired) electrons. The topological polar surface area (TPSA) is 95.0 Å². The Morgan fingerprint density at radius 3 is 2.22 bits per heavy atom. The Morgan fingerprint density at radius 1 is 1.15 bits per heavy atom. The van der Waals surface area contributed by atoms with Crippen molar-refractivity contribution in [2.75, 3.05) is 31.9 Å². The molecule has 27 heavy (non-hydrogen) atoms. The van der Waals surface area contributed by atoms with E-state index in [-0.39, 0.29) is 31.3 Å². The normalized spacial score (nSPS) is 17.4. The fourth-order valence-corrected chi connectivity index (χ4v) is 4.80. The molecular weight excluding hydrogens is 368 g/mol. The van der Waals surface area contributed by atoms with Crippen molar-refractivity contribution >= 4 is 21.9 Å². The minimum absolute atomic E-state index is 0.0280. The molecule has 0 saturated carbocycles. The van der Waals surface area contributed by atoms with Crippen LogP contribution in [0.3, 0.4) is 0 Å². The number of carboxylic acid groups (broad SMARTS) is 1. The Hall–Kier alpha value is -1.93. The molecule has 150 valence electrons. The minimum Gasteiger partial charge on any atom is -0.480 e. The van der Waals surface area contributed by atoms with Crippen LogP contribution >= 0.6 is 0 Å². The van der Waals surface area contributed by atoms with E-state index in [1.54, 1.807) is 6.92 Å². The zero-order valence-corrected chi connectivity index (χ0v) is 16.7. The lowest BCUT2D eigenvalue weighted by molar-refractivity contribution is -0.148. The second kappa shape index (κ2) is 8.84. The molecule has 7 nitrogen and oxygen atoms in total. The number of carboxylic acids is 1. The molecule has 0 atom stereocenters. The standard InChI is InChI=1S/C19H28N2O5S/c1-3-12-20(15-17(22)23)18(24)19(16-8-6-5-7-9-16)10-13-21(14-11-19)27(25,26)4-2/h5-9H,3-4,10-15H2,1-2H3,(H,22,23). The molecule has 1 N–H and O–H groups in total. The van der Waals surface area contributed by atoms with Crippen molar-refractivity contribution in [2.24, 2.45) is 0 Å². The van der Waals surface area contributed by atoms with Gasteiger partial charge >= 0.3 is 5.97 Å². The quantitative estimate of drug-likeness (QED) is 0.722. The van der Waals surface area contributed by atoms with Crippen LogP contribution in [0.25, 0.3) is 0 Å². The van der Waals surface area contributed by atoms with Gasteiger partial charge < -0.3 is 10.0 Å². The van der Waals surface area contributed by atoms with Crippen molar-refractivity contribution in [3.8, 4) is 0 Å². The second-order valence-corrected chi connectivity index (χ2v) is 9.13. The lowest BCUT2D eigenvalue weighted by Crippen LogP contribution is -2.55. The molecule has 1 aliphatic rings. The Morgan fingerprint density at radius 2 is 1.74 bits per heavy atom. The van der Waals surface area contributed by atoms with Crippen molar-refractivity contribution in [1.29, 1.82) is 0 Å². The van der Waals surface area contributed by atoms with E-state index in [0.29, 0.717) is 25.8 Å². The van der Waals surface area contributed by atoms with Crippen LogP contribution in [-0.2, 0) is 25.0 Å². The van der Waals surface area contributed by atoms with Gasteiger partial charge in [0, 0.05) is 19.6 Å². The fraction of sp³-hybridized carbons (Fsp3) is 0.579. The molecule has 0 aliphatic carbocycles. The SMILES string of the molecule is CCCN(CC(=O)O)C(=O)C1(c2ccccc2)CCN(S(=O)(=O)CC)CC1. The number of carbonyl (C=O) groups excluding carboxylic acids is 1. The first kappa shape index (κ1) is 21.4.